The zero-order valence-corrected chi connectivity index (χ0v) is 25.4. The molecular weight excluding hydrogens is 616 g/mol. The number of carboxylic acids is 1. The summed E-state index contributed by atoms with van der Waals surface area (Å²) < 4.78 is 30.5. The monoisotopic (exact) mass is 652 g/mol. The summed E-state index contributed by atoms with van der Waals surface area (Å²) in [5.41, 5.74) is 3.90. The number of anilines is 1. The maximum absolute atomic E-state index is 12.5. The summed E-state index contributed by atoms with van der Waals surface area (Å²) in [4.78, 5) is 31.3. The molecule has 212 valence electrons. The number of benzene rings is 2. The number of carbonyl (C=O) groups is 2. The van der Waals surface area contributed by atoms with E-state index >= 15 is 0 Å². The van der Waals surface area contributed by atoms with Gasteiger partial charge in [0.1, 0.15) is 5.75 Å². The summed E-state index contributed by atoms with van der Waals surface area (Å²) in [5, 5.41) is 12.5. The topological polar surface area (TPSA) is 97.9 Å². The van der Waals surface area contributed by atoms with Gasteiger partial charge in [0.05, 0.1) is 24.9 Å². The van der Waals surface area contributed by atoms with E-state index in [0.29, 0.717) is 25.2 Å². The number of fused-ring (bicyclic) bond motifs is 1. The van der Waals surface area contributed by atoms with E-state index < -0.39 is 12.4 Å². The summed E-state index contributed by atoms with van der Waals surface area (Å²) in [6.07, 6.45) is 0.0213. The van der Waals surface area contributed by atoms with Crippen LogP contribution in [0, 0.1) is 6.92 Å². The molecule has 3 aromatic rings. The van der Waals surface area contributed by atoms with Crippen molar-refractivity contribution in [3.63, 3.8) is 0 Å². The number of amides is 1. The van der Waals surface area contributed by atoms with Crippen LogP contribution in [-0.4, -0.2) is 101 Å². The number of aromatic amines is 1. The van der Waals surface area contributed by atoms with Crippen LogP contribution in [0.1, 0.15) is 34.8 Å². The zero-order valence-electron chi connectivity index (χ0n) is 22.8. The molecule has 0 aliphatic carbocycles. The van der Waals surface area contributed by atoms with Gasteiger partial charge in [-0.2, -0.15) is 0 Å². The van der Waals surface area contributed by atoms with E-state index in [-0.39, 0.29) is 18.0 Å². The number of aromatic carboxylic acids is 1. The Morgan fingerprint density at radius 1 is 1.13 bits per heavy atom. The van der Waals surface area contributed by atoms with Gasteiger partial charge < -0.3 is 20.1 Å². The van der Waals surface area contributed by atoms with E-state index in [1.54, 1.807) is 55.3 Å². The maximum atomic E-state index is 12.5. The normalized spacial score (nSPS) is 13.7. The number of alkyl halides is 2. The number of aromatic nitrogens is 1. The molecule has 1 saturated heterocycles. The molecule has 4 rings (SSSR count). The molecule has 1 aromatic heterocycles. The number of aryl methyl sites for hydroxylation is 1. The van der Waals surface area contributed by atoms with Crippen molar-refractivity contribution < 1.29 is 28.2 Å². The van der Waals surface area contributed by atoms with Gasteiger partial charge in [0.2, 0.25) is 5.91 Å². The van der Waals surface area contributed by atoms with Crippen LogP contribution >= 0.6 is 0 Å². The van der Waals surface area contributed by atoms with Crippen molar-refractivity contribution in [3.8, 4) is 5.75 Å². The summed E-state index contributed by atoms with van der Waals surface area (Å²) >= 11 is 1.75. The number of nitrogens with one attached hydrogen (secondary N) is 2. The molecule has 11 heteroatoms. The Labute approximate surface area is 242 Å². The Balaban J connectivity index is 0.000000287. The molecule has 1 aliphatic rings. The van der Waals surface area contributed by atoms with Crippen LogP contribution in [0.4, 0.5) is 14.5 Å². The second-order valence-electron chi connectivity index (χ2n) is 8.86. The third kappa shape index (κ3) is 9.48. The Morgan fingerprint density at radius 2 is 1.77 bits per heavy atom. The number of halogens is 2. The first-order chi connectivity index (χ1) is 18.7. The first kappa shape index (κ1) is 32.5. The van der Waals surface area contributed by atoms with Crippen LogP contribution in [0.2, 0.25) is 4.87 Å². The molecule has 2 aromatic carbocycles. The molecule has 0 unspecified atom stereocenters. The first-order valence-electron chi connectivity index (χ1n) is 12.7. The van der Waals surface area contributed by atoms with Gasteiger partial charge in [-0.3, -0.25) is 14.6 Å². The molecule has 0 bridgehead atoms. The molecule has 8 nitrogen and oxygen atoms in total. The quantitative estimate of drug-likeness (QED) is 0.303. The van der Waals surface area contributed by atoms with Crippen LogP contribution in [0.25, 0.3) is 10.9 Å². The number of piperazine rings is 1. The van der Waals surface area contributed by atoms with E-state index in [1.807, 2.05) is 11.1 Å². The van der Waals surface area contributed by atoms with Crippen molar-refractivity contribution in [3.05, 3.63) is 59.3 Å². The number of hydrogen-bond donors (Lipinski definition) is 3. The molecule has 3 N–H and O–H groups in total. The number of carbonyl (C=O) groups excluding carboxylic acids is 1. The number of nitrogens with zero attached hydrogens (tertiary/aromatic N) is 2. The van der Waals surface area contributed by atoms with E-state index in [4.69, 9.17) is 9.84 Å². The van der Waals surface area contributed by atoms with Crippen LogP contribution in [-0.2, 0) is 11.3 Å². The number of carboxylic acid groups (broad SMARTS) is 1. The van der Waals surface area contributed by atoms with Crippen molar-refractivity contribution >= 4 is 51.5 Å². The average Bonchev–Trinajstić information content (AvgIpc) is 3.43. The molecule has 0 spiro atoms. The fraction of sp³-hybridized carbons (Fsp3) is 0.429. The van der Waals surface area contributed by atoms with Gasteiger partial charge in [0, 0.05) is 61.8 Å². The summed E-state index contributed by atoms with van der Waals surface area (Å²) in [6.45, 7) is 7.41. The van der Waals surface area contributed by atoms with Crippen LogP contribution in [0.15, 0.2) is 42.6 Å². The van der Waals surface area contributed by atoms with Crippen molar-refractivity contribution in [1.82, 2.24) is 14.8 Å². The van der Waals surface area contributed by atoms with Gasteiger partial charge in [0.15, 0.2) is 0 Å². The van der Waals surface area contributed by atoms with Crippen LogP contribution in [0.3, 0.4) is 0 Å². The molecule has 1 amide bonds. The molecular formula is C28H37F2N4O4Sb. The number of H-pyrrole nitrogens is 1. The summed E-state index contributed by atoms with van der Waals surface area (Å²) in [6, 6.07) is 10.4. The van der Waals surface area contributed by atoms with Gasteiger partial charge in [-0.15, -0.1) is 0 Å². The molecule has 0 atom stereocenters. The van der Waals surface area contributed by atoms with E-state index in [2.05, 4.69) is 39.1 Å². The average molecular weight is 653 g/mol. The first-order valence-corrected chi connectivity index (χ1v) is 15.2. The molecule has 2 heterocycles. The van der Waals surface area contributed by atoms with Gasteiger partial charge in [-0.1, -0.05) is 19.1 Å². The Hall–Kier alpha value is -2.68. The van der Waals surface area contributed by atoms with Crippen molar-refractivity contribution in [2.75, 3.05) is 45.2 Å². The second kappa shape index (κ2) is 16.4. The van der Waals surface area contributed by atoms with Crippen molar-refractivity contribution in [2.24, 2.45) is 0 Å². The van der Waals surface area contributed by atoms with E-state index in [1.165, 1.54) is 11.5 Å². The third-order valence-electron chi connectivity index (χ3n) is 6.33. The standard InChI is InChI=1S/C17H23F2N3O.C10H11NO3.CH3.Sb/c1-12-9-15(23-2)14(13-3-4-20-17(12)13)10-21-5-7-22(8-6-21)11-16(18)19;1-2-9(12)11-8-6-4-3-5-7(8)10(13)14;;/h3-4,9,16,20H,5-8,10-11H2,1-2H3;3-6H,2H2,1H3,(H,11,12)(H,13,14);1H3;. The summed E-state index contributed by atoms with van der Waals surface area (Å²) in [5.74, 6) is -0.347. The second-order valence-corrected chi connectivity index (χ2v) is 8.86. The molecule has 2 radical (unpaired) electrons. The number of methoxy groups -OCH3 is 1. The molecule has 39 heavy (non-hydrogen) atoms. The molecule has 1 fully saturated rings. The number of ether oxygens (including phenoxy) is 1. The van der Waals surface area contributed by atoms with Crippen molar-refractivity contribution in [2.45, 2.75) is 38.1 Å². The fourth-order valence-electron chi connectivity index (χ4n) is 4.35. The third-order valence-corrected chi connectivity index (χ3v) is 6.33. The van der Waals surface area contributed by atoms with Crippen LogP contribution < -0.4 is 10.1 Å². The predicted molar refractivity (Wildman–Crippen MR) is 151 cm³/mol. The SMILES string of the molecule is CCC(=O)Nc1ccccc1C(=O)O.COc1cc(C)c2[nH]ccc2c1CN1CCN(CC(F)F)CC1.[CH3][Sb]. The number of rotatable bonds is 8. The zero-order chi connectivity index (χ0) is 28.9. The Bertz CT molecular complexity index is 1210. The minimum atomic E-state index is -2.25. The van der Waals surface area contributed by atoms with E-state index in [9.17, 15) is 18.4 Å². The fourth-order valence-corrected chi connectivity index (χ4v) is 4.35. The number of hydrogen-bond acceptors (Lipinski definition) is 5. The predicted octanol–water partition coefficient (Wildman–Crippen LogP) is 4.80. The summed E-state index contributed by atoms with van der Waals surface area (Å²) in [7, 11) is 1.69. The molecule has 1 aliphatic heterocycles. The van der Waals surface area contributed by atoms with Crippen molar-refractivity contribution in [1.29, 1.82) is 0 Å². The van der Waals surface area contributed by atoms with E-state index in [0.717, 1.165) is 42.0 Å². The van der Waals surface area contributed by atoms with Gasteiger partial charge in [0.25, 0.3) is 6.43 Å². The van der Waals surface area contributed by atoms with Crippen LogP contribution in [0.5, 0.6) is 5.75 Å². The number of para-hydroxylation sites is 1. The van der Waals surface area contributed by atoms with Gasteiger partial charge >= 0.3 is 33.9 Å². The Morgan fingerprint density at radius 3 is 2.36 bits per heavy atom. The molecule has 0 saturated carbocycles. The van der Waals surface area contributed by atoms with Gasteiger partial charge in [-0.05, 0) is 36.8 Å². The van der Waals surface area contributed by atoms with Gasteiger partial charge in [-0.25, -0.2) is 13.6 Å². The Kier molecular flexibility index (Phi) is 13.7. The minimum absolute atomic E-state index is 0.106.